The van der Waals surface area contributed by atoms with E-state index in [-0.39, 0.29) is 0 Å². The molecule has 0 aliphatic heterocycles. The fourth-order valence-corrected chi connectivity index (χ4v) is 1.26. The van der Waals surface area contributed by atoms with Crippen molar-refractivity contribution in [2.24, 2.45) is 0 Å². The predicted molar refractivity (Wildman–Crippen MR) is 66.5 cm³/mol. The third-order valence-corrected chi connectivity index (χ3v) is 2.17. The summed E-state index contributed by atoms with van der Waals surface area (Å²) in [5.74, 6) is 0.370. The predicted octanol–water partition coefficient (Wildman–Crippen LogP) is 1.75. The molecule has 0 unspecified atom stereocenters. The Kier molecular flexibility index (Phi) is 6.69. The number of methoxy groups -OCH3 is 1. The monoisotopic (exact) mass is 260 g/mol. The van der Waals surface area contributed by atoms with E-state index in [2.05, 4.69) is 4.98 Å². The fourth-order valence-electron chi connectivity index (χ4n) is 1.12. The van der Waals surface area contributed by atoms with Crippen molar-refractivity contribution >= 4 is 17.3 Å². The van der Waals surface area contributed by atoms with Crippen molar-refractivity contribution in [3.63, 3.8) is 0 Å². The third-order valence-electron chi connectivity index (χ3n) is 1.96. The summed E-state index contributed by atoms with van der Waals surface area (Å²) in [6.07, 6.45) is 0.761. The molecule has 0 aliphatic carbocycles. The van der Waals surface area contributed by atoms with E-state index in [4.69, 9.17) is 31.5 Å². The highest BCUT2D eigenvalue weighted by atomic mass is 35.5. The first-order valence-corrected chi connectivity index (χ1v) is 5.73. The summed E-state index contributed by atoms with van der Waals surface area (Å²) >= 11 is 5.73. The average Bonchev–Trinajstić information content (AvgIpc) is 2.32. The Morgan fingerprint density at radius 3 is 2.82 bits per heavy atom. The maximum Gasteiger partial charge on any atom is 0.238 e. The van der Waals surface area contributed by atoms with Crippen LogP contribution < -0.4 is 10.5 Å². The highest BCUT2D eigenvalue weighted by Crippen LogP contribution is 2.20. The molecule has 0 spiro atoms. The van der Waals surface area contributed by atoms with E-state index in [0.717, 1.165) is 6.42 Å². The second-order valence-electron chi connectivity index (χ2n) is 3.34. The van der Waals surface area contributed by atoms with Crippen LogP contribution in [-0.2, 0) is 9.47 Å². The van der Waals surface area contributed by atoms with Gasteiger partial charge in [-0.2, -0.15) is 4.98 Å². The lowest BCUT2D eigenvalue weighted by molar-refractivity contribution is 0.0642. The van der Waals surface area contributed by atoms with Gasteiger partial charge in [-0.1, -0.05) is 11.6 Å². The molecule has 1 aromatic rings. The largest absolute Gasteiger partial charge is 0.476 e. The first-order valence-electron chi connectivity index (χ1n) is 5.35. The van der Waals surface area contributed by atoms with Gasteiger partial charge in [0.05, 0.1) is 25.5 Å². The fraction of sp³-hybridized carbons (Fsp3) is 0.545. The van der Waals surface area contributed by atoms with E-state index >= 15 is 0 Å². The number of hydrogen-bond donors (Lipinski definition) is 1. The molecule has 0 atom stereocenters. The number of aromatic nitrogens is 1. The zero-order valence-corrected chi connectivity index (χ0v) is 10.6. The number of halogens is 1. The molecule has 0 aliphatic rings. The molecule has 1 heterocycles. The third kappa shape index (κ3) is 5.72. The molecule has 0 bridgehead atoms. The average molecular weight is 261 g/mol. The van der Waals surface area contributed by atoms with Crippen LogP contribution in [0.15, 0.2) is 12.1 Å². The molecule has 1 rings (SSSR count). The SMILES string of the molecule is COCCOCCCOc1nc(Cl)ccc1N. The summed E-state index contributed by atoms with van der Waals surface area (Å²) in [6, 6.07) is 3.29. The molecular formula is C11H17ClN2O3. The van der Waals surface area contributed by atoms with Crippen LogP contribution in [0, 0.1) is 0 Å². The molecule has 1 aromatic heterocycles. The summed E-state index contributed by atoms with van der Waals surface area (Å²) in [5.41, 5.74) is 6.16. The number of anilines is 1. The zero-order chi connectivity index (χ0) is 12.5. The summed E-state index contributed by atoms with van der Waals surface area (Å²) in [6.45, 7) is 2.30. The Hall–Kier alpha value is -1.04. The lowest BCUT2D eigenvalue weighted by atomic mass is 10.4. The van der Waals surface area contributed by atoms with Crippen LogP contribution in [0.4, 0.5) is 5.69 Å². The van der Waals surface area contributed by atoms with Gasteiger partial charge in [0, 0.05) is 20.1 Å². The van der Waals surface area contributed by atoms with Gasteiger partial charge in [0.25, 0.3) is 0 Å². The number of nitrogens with zero attached hydrogens (tertiary/aromatic N) is 1. The zero-order valence-electron chi connectivity index (χ0n) is 9.82. The second kappa shape index (κ2) is 8.11. The molecule has 0 fully saturated rings. The lowest BCUT2D eigenvalue weighted by Crippen LogP contribution is -2.08. The summed E-state index contributed by atoms with van der Waals surface area (Å²) in [4.78, 5) is 3.98. The van der Waals surface area contributed by atoms with Crippen LogP contribution in [-0.4, -0.2) is 38.5 Å². The molecule has 17 heavy (non-hydrogen) atoms. The molecular weight excluding hydrogens is 244 g/mol. The molecule has 0 saturated carbocycles. The van der Waals surface area contributed by atoms with E-state index in [0.29, 0.717) is 43.1 Å². The molecule has 6 heteroatoms. The minimum Gasteiger partial charge on any atom is -0.476 e. The standard InChI is InChI=1S/C11H17ClN2O3/c1-15-7-8-16-5-2-6-17-11-9(13)3-4-10(12)14-11/h3-4H,2,5-8,13H2,1H3. The number of hydrogen-bond acceptors (Lipinski definition) is 5. The van der Waals surface area contributed by atoms with Gasteiger partial charge in [-0.25, -0.2) is 0 Å². The number of nitrogen functional groups attached to an aromatic ring is 1. The van der Waals surface area contributed by atoms with Crippen LogP contribution in [0.25, 0.3) is 0 Å². The summed E-state index contributed by atoms with van der Waals surface area (Å²) in [5, 5.41) is 0.366. The van der Waals surface area contributed by atoms with Gasteiger partial charge in [0.1, 0.15) is 5.15 Å². The molecule has 5 nitrogen and oxygen atoms in total. The number of nitrogens with two attached hydrogens (primary N) is 1. The maximum atomic E-state index is 5.73. The van der Waals surface area contributed by atoms with Crippen molar-refractivity contribution in [2.75, 3.05) is 39.3 Å². The van der Waals surface area contributed by atoms with Crippen molar-refractivity contribution in [1.82, 2.24) is 4.98 Å². The van der Waals surface area contributed by atoms with Crippen LogP contribution in [0.3, 0.4) is 0 Å². The molecule has 0 amide bonds. The van der Waals surface area contributed by atoms with E-state index in [1.54, 1.807) is 19.2 Å². The van der Waals surface area contributed by atoms with E-state index in [9.17, 15) is 0 Å². The normalized spacial score (nSPS) is 10.5. The van der Waals surface area contributed by atoms with E-state index in [1.165, 1.54) is 0 Å². The Morgan fingerprint density at radius 2 is 2.06 bits per heavy atom. The smallest absolute Gasteiger partial charge is 0.238 e. The summed E-state index contributed by atoms with van der Waals surface area (Å²) < 4.78 is 15.5. The highest BCUT2D eigenvalue weighted by Gasteiger charge is 2.02. The van der Waals surface area contributed by atoms with Crippen molar-refractivity contribution in [1.29, 1.82) is 0 Å². The molecule has 0 aromatic carbocycles. The van der Waals surface area contributed by atoms with Crippen LogP contribution in [0.1, 0.15) is 6.42 Å². The van der Waals surface area contributed by atoms with E-state index < -0.39 is 0 Å². The molecule has 2 N–H and O–H groups in total. The quantitative estimate of drug-likeness (QED) is 0.570. The minimum atomic E-state index is 0.366. The highest BCUT2D eigenvalue weighted by molar-refractivity contribution is 6.29. The first-order chi connectivity index (χ1) is 8.24. The molecule has 0 saturated heterocycles. The van der Waals surface area contributed by atoms with Crippen LogP contribution in [0.5, 0.6) is 5.88 Å². The van der Waals surface area contributed by atoms with Crippen molar-refractivity contribution in [3.05, 3.63) is 17.3 Å². The Balaban J connectivity index is 2.15. The topological polar surface area (TPSA) is 66.6 Å². The Bertz CT molecular complexity index is 336. The first kappa shape index (κ1) is 14.0. The Morgan fingerprint density at radius 1 is 1.24 bits per heavy atom. The number of pyridine rings is 1. The Labute approximate surface area is 106 Å². The lowest BCUT2D eigenvalue weighted by Gasteiger charge is -2.08. The number of rotatable bonds is 8. The van der Waals surface area contributed by atoms with Crippen LogP contribution in [0.2, 0.25) is 5.15 Å². The van der Waals surface area contributed by atoms with Gasteiger partial charge in [-0.3, -0.25) is 0 Å². The van der Waals surface area contributed by atoms with Gasteiger partial charge in [-0.15, -0.1) is 0 Å². The second-order valence-corrected chi connectivity index (χ2v) is 3.72. The van der Waals surface area contributed by atoms with Gasteiger partial charge in [-0.05, 0) is 12.1 Å². The van der Waals surface area contributed by atoms with Crippen molar-refractivity contribution in [2.45, 2.75) is 6.42 Å². The van der Waals surface area contributed by atoms with Gasteiger partial charge < -0.3 is 19.9 Å². The van der Waals surface area contributed by atoms with Gasteiger partial charge >= 0.3 is 0 Å². The van der Waals surface area contributed by atoms with Gasteiger partial charge in [0.2, 0.25) is 5.88 Å². The summed E-state index contributed by atoms with van der Waals surface area (Å²) in [7, 11) is 1.64. The molecule has 0 radical (unpaired) electrons. The van der Waals surface area contributed by atoms with Crippen LogP contribution >= 0.6 is 11.6 Å². The van der Waals surface area contributed by atoms with E-state index in [1.807, 2.05) is 0 Å². The van der Waals surface area contributed by atoms with Crippen molar-refractivity contribution in [3.8, 4) is 5.88 Å². The van der Waals surface area contributed by atoms with Gasteiger partial charge in [0.15, 0.2) is 0 Å². The number of ether oxygens (including phenoxy) is 3. The van der Waals surface area contributed by atoms with Crippen molar-refractivity contribution < 1.29 is 14.2 Å². The molecule has 96 valence electrons. The minimum absolute atomic E-state index is 0.366. The maximum absolute atomic E-state index is 5.73.